The molecule has 0 radical (unpaired) electrons. The molecule has 4 heteroatoms. The maximum Gasteiger partial charge on any atom is 0.363 e. The van der Waals surface area contributed by atoms with Crippen LogP contribution in [0.5, 0.6) is 0 Å². The van der Waals surface area contributed by atoms with Gasteiger partial charge in [-0.15, -0.1) is 0 Å². The number of benzene rings is 1. The minimum atomic E-state index is -0.471. The summed E-state index contributed by atoms with van der Waals surface area (Å²) < 4.78 is 0. The second kappa shape index (κ2) is 5.48. The minimum absolute atomic E-state index is 0.105. The largest absolute Gasteiger partial charge is 0.363 e. The second-order valence-corrected chi connectivity index (χ2v) is 4.05. The van der Waals surface area contributed by atoms with Gasteiger partial charge in [0.05, 0.1) is 12.1 Å². The average Bonchev–Trinajstić information content (AvgIpc) is 2.56. The molecule has 1 aliphatic rings. The van der Waals surface area contributed by atoms with Gasteiger partial charge in [-0.1, -0.05) is 24.6 Å². The van der Waals surface area contributed by atoms with Crippen molar-refractivity contribution in [2.75, 3.05) is 6.54 Å². The number of amides is 1. The molecule has 1 fully saturated rings. The number of carbonyl (C=O) groups excluding carboxylic acids is 2. The summed E-state index contributed by atoms with van der Waals surface area (Å²) in [5.41, 5.74) is 0.463. The SMILES string of the molecule is O=C(ON1CCCCCC1=O)c1ccccc1. The Balaban J connectivity index is 2.00. The molecule has 0 bridgehead atoms. The Labute approximate surface area is 100 Å². The van der Waals surface area contributed by atoms with Gasteiger partial charge < -0.3 is 4.84 Å². The third-order valence-corrected chi connectivity index (χ3v) is 2.73. The van der Waals surface area contributed by atoms with Crippen molar-refractivity contribution >= 4 is 11.9 Å². The minimum Gasteiger partial charge on any atom is -0.333 e. The van der Waals surface area contributed by atoms with Crippen LogP contribution in [0.3, 0.4) is 0 Å². The molecule has 1 aliphatic heterocycles. The van der Waals surface area contributed by atoms with Crippen LogP contribution in [0.4, 0.5) is 0 Å². The molecule has 0 N–H and O–H groups in total. The first-order chi connectivity index (χ1) is 8.27. The first-order valence-electron chi connectivity index (χ1n) is 5.85. The Bertz CT molecular complexity index is 402. The Morgan fingerprint density at radius 2 is 1.88 bits per heavy atom. The Hall–Kier alpha value is -1.84. The highest BCUT2D eigenvalue weighted by Crippen LogP contribution is 2.13. The van der Waals surface area contributed by atoms with E-state index in [1.54, 1.807) is 24.3 Å². The van der Waals surface area contributed by atoms with E-state index in [2.05, 4.69) is 0 Å². The van der Waals surface area contributed by atoms with Gasteiger partial charge in [0, 0.05) is 6.42 Å². The van der Waals surface area contributed by atoms with Crippen LogP contribution in [0.2, 0.25) is 0 Å². The van der Waals surface area contributed by atoms with Crippen molar-refractivity contribution in [3.8, 4) is 0 Å². The van der Waals surface area contributed by atoms with Crippen LogP contribution in [-0.4, -0.2) is 23.5 Å². The molecule has 90 valence electrons. The summed E-state index contributed by atoms with van der Waals surface area (Å²) in [5, 5.41) is 1.20. The van der Waals surface area contributed by atoms with E-state index >= 15 is 0 Å². The fraction of sp³-hybridized carbons (Fsp3) is 0.385. The molecular formula is C13H15NO3. The van der Waals surface area contributed by atoms with Gasteiger partial charge in [-0.05, 0) is 25.0 Å². The van der Waals surface area contributed by atoms with Gasteiger partial charge in [0.1, 0.15) is 0 Å². The molecule has 1 heterocycles. The maximum absolute atomic E-state index is 11.8. The van der Waals surface area contributed by atoms with Crippen LogP contribution in [0.1, 0.15) is 36.0 Å². The van der Waals surface area contributed by atoms with Crippen LogP contribution in [0.15, 0.2) is 30.3 Å². The number of nitrogens with zero attached hydrogens (tertiary/aromatic N) is 1. The quantitative estimate of drug-likeness (QED) is 0.786. The Morgan fingerprint density at radius 1 is 1.12 bits per heavy atom. The zero-order valence-electron chi connectivity index (χ0n) is 9.59. The number of hydrogen-bond acceptors (Lipinski definition) is 3. The number of hydroxylamine groups is 2. The van der Waals surface area contributed by atoms with E-state index in [-0.39, 0.29) is 5.91 Å². The van der Waals surface area contributed by atoms with Gasteiger partial charge in [-0.2, -0.15) is 5.06 Å². The molecule has 1 saturated heterocycles. The van der Waals surface area contributed by atoms with Crippen molar-refractivity contribution in [3.63, 3.8) is 0 Å². The first-order valence-corrected chi connectivity index (χ1v) is 5.85. The summed E-state index contributed by atoms with van der Waals surface area (Å²) in [6.45, 7) is 0.497. The molecule has 0 aliphatic carbocycles. The van der Waals surface area contributed by atoms with Crippen molar-refractivity contribution in [2.45, 2.75) is 25.7 Å². The van der Waals surface area contributed by atoms with Crippen LogP contribution in [0.25, 0.3) is 0 Å². The lowest BCUT2D eigenvalue weighted by Crippen LogP contribution is -2.33. The first kappa shape index (κ1) is 11.6. The third-order valence-electron chi connectivity index (χ3n) is 2.73. The summed E-state index contributed by atoms with van der Waals surface area (Å²) >= 11 is 0. The van der Waals surface area contributed by atoms with Crippen LogP contribution in [0, 0.1) is 0 Å². The highest BCUT2D eigenvalue weighted by atomic mass is 16.7. The topological polar surface area (TPSA) is 46.6 Å². The van der Waals surface area contributed by atoms with E-state index in [1.165, 1.54) is 5.06 Å². The summed E-state index contributed by atoms with van der Waals surface area (Å²) in [6, 6.07) is 8.70. The van der Waals surface area contributed by atoms with Crippen molar-refractivity contribution < 1.29 is 14.4 Å². The van der Waals surface area contributed by atoms with Crippen LogP contribution >= 0.6 is 0 Å². The molecule has 17 heavy (non-hydrogen) atoms. The van der Waals surface area contributed by atoms with Crippen molar-refractivity contribution in [1.29, 1.82) is 0 Å². The molecule has 2 rings (SSSR count). The highest BCUT2D eigenvalue weighted by molar-refractivity contribution is 5.90. The molecule has 0 atom stereocenters. The lowest BCUT2D eigenvalue weighted by atomic mass is 10.2. The van der Waals surface area contributed by atoms with Crippen LogP contribution in [-0.2, 0) is 9.63 Å². The summed E-state index contributed by atoms with van der Waals surface area (Å²) in [4.78, 5) is 28.5. The number of rotatable bonds is 2. The summed E-state index contributed by atoms with van der Waals surface area (Å²) in [7, 11) is 0. The third kappa shape index (κ3) is 3.06. The zero-order valence-corrected chi connectivity index (χ0v) is 9.59. The summed E-state index contributed by atoms with van der Waals surface area (Å²) in [5.74, 6) is -0.576. The Morgan fingerprint density at radius 3 is 2.65 bits per heavy atom. The van der Waals surface area contributed by atoms with E-state index in [0.29, 0.717) is 18.5 Å². The molecule has 1 aromatic rings. The van der Waals surface area contributed by atoms with E-state index in [1.807, 2.05) is 6.07 Å². The summed E-state index contributed by atoms with van der Waals surface area (Å²) in [6.07, 6.45) is 3.22. The van der Waals surface area contributed by atoms with Crippen LogP contribution < -0.4 is 0 Å². The predicted octanol–water partition coefficient (Wildman–Crippen LogP) is 2.16. The lowest BCUT2D eigenvalue weighted by Gasteiger charge is -2.18. The Kier molecular flexibility index (Phi) is 3.75. The monoisotopic (exact) mass is 233 g/mol. The zero-order chi connectivity index (χ0) is 12.1. The van der Waals surface area contributed by atoms with Gasteiger partial charge in [0.2, 0.25) is 0 Å². The standard InChI is InChI=1S/C13H15NO3/c15-12-9-5-2-6-10-14(12)17-13(16)11-7-3-1-4-8-11/h1,3-4,7-8H,2,5-6,9-10H2. The van der Waals surface area contributed by atoms with E-state index in [0.717, 1.165) is 19.3 Å². The van der Waals surface area contributed by atoms with Gasteiger partial charge in [0.25, 0.3) is 5.91 Å². The molecule has 0 saturated carbocycles. The second-order valence-electron chi connectivity index (χ2n) is 4.05. The van der Waals surface area contributed by atoms with Crippen molar-refractivity contribution in [3.05, 3.63) is 35.9 Å². The van der Waals surface area contributed by atoms with Crippen molar-refractivity contribution in [2.24, 2.45) is 0 Å². The van der Waals surface area contributed by atoms with Gasteiger partial charge in [-0.25, -0.2) is 4.79 Å². The lowest BCUT2D eigenvalue weighted by molar-refractivity contribution is -0.166. The maximum atomic E-state index is 11.8. The fourth-order valence-corrected chi connectivity index (χ4v) is 1.78. The average molecular weight is 233 g/mol. The molecular weight excluding hydrogens is 218 g/mol. The van der Waals surface area contributed by atoms with E-state index in [9.17, 15) is 9.59 Å². The van der Waals surface area contributed by atoms with Gasteiger partial charge in [0.15, 0.2) is 0 Å². The smallest absolute Gasteiger partial charge is 0.333 e. The predicted molar refractivity (Wildman–Crippen MR) is 62.0 cm³/mol. The van der Waals surface area contributed by atoms with Gasteiger partial charge in [-0.3, -0.25) is 4.79 Å². The number of carbonyl (C=O) groups is 2. The molecule has 0 aromatic heterocycles. The molecule has 1 aromatic carbocycles. The fourth-order valence-electron chi connectivity index (χ4n) is 1.78. The number of hydrogen-bond donors (Lipinski definition) is 0. The molecule has 0 spiro atoms. The molecule has 1 amide bonds. The normalized spacial score (nSPS) is 16.5. The highest BCUT2D eigenvalue weighted by Gasteiger charge is 2.21. The molecule has 4 nitrogen and oxygen atoms in total. The van der Waals surface area contributed by atoms with Gasteiger partial charge >= 0.3 is 5.97 Å². The molecule has 0 unspecified atom stereocenters. The van der Waals surface area contributed by atoms with E-state index in [4.69, 9.17) is 4.84 Å². The van der Waals surface area contributed by atoms with Crippen molar-refractivity contribution in [1.82, 2.24) is 5.06 Å². The van der Waals surface area contributed by atoms with E-state index < -0.39 is 5.97 Å².